The van der Waals surface area contributed by atoms with E-state index >= 15 is 0 Å². The quantitative estimate of drug-likeness (QED) is 0.284. The topological polar surface area (TPSA) is 131 Å². The predicted octanol–water partition coefficient (Wildman–Crippen LogP) is 3.90. The van der Waals surface area contributed by atoms with Gasteiger partial charge in [0, 0.05) is 31.2 Å². The molecule has 0 spiro atoms. The molecule has 2 N–H and O–H groups in total. The molecule has 3 heterocycles. The molecule has 1 aliphatic heterocycles. The lowest BCUT2D eigenvalue weighted by molar-refractivity contribution is -0.119. The molecule has 1 aliphatic carbocycles. The van der Waals surface area contributed by atoms with Crippen LogP contribution in [0.4, 0.5) is 20.5 Å². The Labute approximate surface area is 253 Å². The highest BCUT2D eigenvalue weighted by atomic mass is 32.2. The number of imidazole rings is 1. The molecular formula is C30H33F2N7O4S. The highest BCUT2D eigenvalue weighted by Gasteiger charge is 2.27. The maximum absolute atomic E-state index is 14.2. The zero-order valence-electron chi connectivity index (χ0n) is 23.9. The number of carbonyl (C=O) groups is 1. The fraction of sp³-hybridized carbons (Fsp3) is 0.400. The number of nitrogens with zero attached hydrogens (tertiary/aromatic N) is 5. The van der Waals surface area contributed by atoms with Gasteiger partial charge in [0.2, 0.25) is 11.9 Å². The molecule has 2 fully saturated rings. The summed E-state index contributed by atoms with van der Waals surface area (Å²) in [7, 11) is -3.73. The van der Waals surface area contributed by atoms with Crippen LogP contribution < -0.4 is 15.5 Å². The van der Waals surface area contributed by atoms with Crippen molar-refractivity contribution in [3.8, 4) is 5.82 Å². The van der Waals surface area contributed by atoms with E-state index < -0.39 is 33.7 Å². The summed E-state index contributed by atoms with van der Waals surface area (Å²) in [5.74, 6) is -0.339. The predicted molar refractivity (Wildman–Crippen MR) is 161 cm³/mol. The number of carbonyl (C=O) groups excluding carboxylic acids is 1. The zero-order chi connectivity index (χ0) is 30.7. The number of fused-ring (bicyclic) bond motifs is 1. The first-order valence-corrected chi connectivity index (χ1v) is 16.2. The minimum atomic E-state index is -3.73. The number of alkyl halides is 2. The Morgan fingerprint density at radius 3 is 2.30 bits per heavy atom. The number of rotatable bonds is 9. The minimum absolute atomic E-state index is 0.0295. The SMILES string of the molecule is O=C(CS(=O)(=O)c1ccccc1)N[C@H]1CC[C@H](Nc2nc(N3CCOCC3)cc(-n3c(C(F)F)nc4ccccc43)n2)CC1. The van der Waals surface area contributed by atoms with Crippen LogP contribution in [0.3, 0.4) is 0 Å². The van der Waals surface area contributed by atoms with Gasteiger partial charge in [-0.05, 0) is 49.9 Å². The van der Waals surface area contributed by atoms with Gasteiger partial charge in [0.05, 0.1) is 29.1 Å². The number of amides is 1. The van der Waals surface area contributed by atoms with Crippen LogP contribution in [0.15, 0.2) is 65.6 Å². The van der Waals surface area contributed by atoms with Crippen molar-refractivity contribution < 1.29 is 26.7 Å². The number of aromatic nitrogens is 4. The van der Waals surface area contributed by atoms with Gasteiger partial charge >= 0.3 is 0 Å². The molecule has 44 heavy (non-hydrogen) atoms. The third-order valence-corrected chi connectivity index (χ3v) is 9.53. The van der Waals surface area contributed by atoms with Crippen LogP contribution in [0.1, 0.15) is 37.9 Å². The molecule has 0 unspecified atom stereocenters. The standard InChI is InChI=1S/C30H33F2N7O4S/c31-28(32)29-35-23-8-4-5-9-24(23)39(29)26-18-25(38-14-16-43-17-15-38)36-30(37-26)34-21-12-10-20(11-13-21)33-27(40)19-44(41,42)22-6-2-1-3-7-22/h1-9,18,20-21,28H,10-17,19H2,(H,33,40)(H,34,36,37)/t20-,21-. The molecule has 14 heteroatoms. The van der Waals surface area contributed by atoms with Gasteiger partial charge in [0.25, 0.3) is 6.43 Å². The van der Waals surface area contributed by atoms with Crippen molar-refractivity contribution in [3.05, 3.63) is 66.5 Å². The van der Waals surface area contributed by atoms with Gasteiger partial charge in [0.1, 0.15) is 17.4 Å². The Hall–Kier alpha value is -4.17. The number of ether oxygens (including phenoxy) is 1. The smallest absolute Gasteiger partial charge is 0.296 e. The molecule has 1 saturated heterocycles. The van der Waals surface area contributed by atoms with Crippen molar-refractivity contribution in [3.63, 3.8) is 0 Å². The van der Waals surface area contributed by atoms with Crippen molar-refractivity contribution in [1.29, 1.82) is 0 Å². The van der Waals surface area contributed by atoms with Crippen LogP contribution in [0.5, 0.6) is 0 Å². The number of hydrogen-bond donors (Lipinski definition) is 2. The van der Waals surface area contributed by atoms with Gasteiger partial charge in [-0.25, -0.2) is 22.2 Å². The van der Waals surface area contributed by atoms with Crippen LogP contribution in [0.25, 0.3) is 16.9 Å². The van der Waals surface area contributed by atoms with Gasteiger partial charge in [-0.1, -0.05) is 30.3 Å². The van der Waals surface area contributed by atoms with E-state index in [4.69, 9.17) is 9.72 Å². The Morgan fingerprint density at radius 1 is 0.909 bits per heavy atom. The molecule has 232 valence electrons. The van der Waals surface area contributed by atoms with Crippen LogP contribution in [-0.2, 0) is 19.4 Å². The highest BCUT2D eigenvalue weighted by Crippen LogP contribution is 2.30. The van der Waals surface area contributed by atoms with Crippen LogP contribution in [-0.4, -0.2) is 78.0 Å². The maximum atomic E-state index is 14.2. The van der Waals surface area contributed by atoms with Crippen molar-refractivity contribution >= 4 is 38.5 Å². The summed E-state index contributed by atoms with van der Waals surface area (Å²) in [6.45, 7) is 2.27. The monoisotopic (exact) mass is 625 g/mol. The van der Waals surface area contributed by atoms with Gasteiger partial charge in [0.15, 0.2) is 15.7 Å². The molecule has 2 aliphatic rings. The Kier molecular flexibility index (Phi) is 8.71. The number of hydrogen-bond acceptors (Lipinski definition) is 9. The van der Waals surface area contributed by atoms with Crippen LogP contribution in [0, 0.1) is 0 Å². The molecule has 2 aromatic heterocycles. The van der Waals surface area contributed by atoms with E-state index in [1.165, 1.54) is 16.7 Å². The number of para-hydroxylation sites is 2. The van der Waals surface area contributed by atoms with Crippen molar-refractivity contribution in [2.45, 2.75) is 49.1 Å². The molecule has 6 rings (SSSR count). The fourth-order valence-electron chi connectivity index (χ4n) is 5.71. The first-order valence-electron chi connectivity index (χ1n) is 14.6. The van der Waals surface area contributed by atoms with Gasteiger partial charge in [-0.15, -0.1) is 0 Å². The third kappa shape index (κ3) is 6.65. The van der Waals surface area contributed by atoms with Gasteiger partial charge in [-0.3, -0.25) is 9.36 Å². The van der Waals surface area contributed by atoms with E-state index in [0.29, 0.717) is 74.8 Å². The van der Waals surface area contributed by atoms with Crippen LogP contribution in [0.2, 0.25) is 0 Å². The normalized spacial score (nSPS) is 19.3. The van der Waals surface area contributed by atoms with E-state index in [1.807, 2.05) is 4.90 Å². The Bertz CT molecular complexity index is 1720. The van der Waals surface area contributed by atoms with E-state index in [9.17, 15) is 22.0 Å². The average molecular weight is 626 g/mol. The summed E-state index contributed by atoms with van der Waals surface area (Å²) in [5.41, 5.74) is 0.965. The molecule has 4 aromatic rings. The number of sulfone groups is 1. The summed E-state index contributed by atoms with van der Waals surface area (Å²) in [6.07, 6.45) is -0.201. The van der Waals surface area contributed by atoms with E-state index in [0.717, 1.165) is 0 Å². The molecule has 1 saturated carbocycles. The lowest BCUT2D eigenvalue weighted by Crippen LogP contribution is -2.42. The first kappa shape index (κ1) is 29.9. The first-order chi connectivity index (χ1) is 21.3. The van der Waals surface area contributed by atoms with Crippen LogP contribution >= 0.6 is 0 Å². The number of halogens is 2. The van der Waals surface area contributed by atoms with Gasteiger partial charge in [-0.2, -0.15) is 9.97 Å². The fourth-order valence-corrected chi connectivity index (χ4v) is 6.87. The van der Waals surface area contributed by atoms with Gasteiger partial charge < -0.3 is 20.3 Å². The zero-order valence-corrected chi connectivity index (χ0v) is 24.7. The van der Waals surface area contributed by atoms with Crippen molar-refractivity contribution in [1.82, 2.24) is 24.8 Å². The number of benzene rings is 2. The molecule has 0 radical (unpaired) electrons. The second-order valence-corrected chi connectivity index (χ2v) is 12.9. The van der Waals surface area contributed by atoms with E-state index in [2.05, 4.69) is 20.6 Å². The lowest BCUT2D eigenvalue weighted by Gasteiger charge is -2.31. The summed E-state index contributed by atoms with van der Waals surface area (Å²) in [4.78, 5) is 28.3. The minimum Gasteiger partial charge on any atom is -0.378 e. The Balaban J connectivity index is 1.17. The Morgan fingerprint density at radius 2 is 1.57 bits per heavy atom. The number of morpholine rings is 1. The second kappa shape index (κ2) is 12.8. The summed E-state index contributed by atoms with van der Waals surface area (Å²) in [5, 5.41) is 6.25. The molecule has 1 amide bonds. The molecule has 0 atom stereocenters. The van der Waals surface area contributed by atoms with E-state index in [-0.39, 0.29) is 22.8 Å². The highest BCUT2D eigenvalue weighted by molar-refractivity contribution is 7.92. The average Bonchev–Trinajstić information content (AvgIpc) is 3.43. The van der Waals surface area contributed by atoms with E-state index in [1.54, 1.807) is 48.5 Å². The lowest BCUT2D eigenvalue weighted by atomic mass is 9.91. The molecule has 0 bridgehead atoms. The number of nitrogens with one attached hydrogen (secondary N) is 2. The summed E-state index contributed by atoms with van der Waals surface area (Å²) >= 11 is 0. The van der Waals surface area contributed by atoms with Crippen molar-refractivity contribution in [2.24, 2.45) is 0 Å². The van der Waals surface area contributed by atoms with Crippen molar-refractivity contribution in [2.75, 3.05) is 42.3 Å². The third-order valence-electron chi connectivity index (χ3n) is 7.89. The molecular weight excluding hydrogens is 592 g/mol. The summed E-state index contributed by atoms with van der Waals surface area (Å²) < 4.78 is 60.3. The molecule has 11 nitrogen and oxygen atoms in total. The maximum Gasteiger partial charge on any atom is 0.296 e. The number of anilines is 2. The summed E-state index contributed by atoms with van der Waals surface area (Å²) in [6, 6.07) is 16.4. The second-order valence-electron chi connectivity index (χ2n) is 10.9. The molecule has 2 aromatic carbocycles. The largest absolute Gasteiger partial charge is 0.378 e.